The van der Waals surface area contributed by atoms with Gasteiger partial charge in [0.2, 0.25) is 0 Å². The Morgan fingerprint density at radius 1 is 1.24 bits per heavy atom. The van der Waals surface area contributed by atoms with Crippen LogP contribution >= 0.6 is 12.4 Å². The van der Waals surface area contributed by atoms with E-state index >= 15 is 0 Å². The lowest BCUT2D eigenvalue weighted by atomic mass is 10.1. The number of benzene rings is 1. The standard InChI is InChI=1S/C14H22N2.ClH/c1-16(2)14(13-8-9-13)11-15-10-12-6-4-3-5-7-12;/h3-7,13-15H,8-11H2,1-2H3;1H. The first-order valence-electron chi connectivity index (χ1n) is 6.18. The summed E-state index contributed by atoms with van der Waals surface area (Å²) in [5, 5.41) is 3.56. The highest BCUT2D eigenvalue weighted by molar-refractivity contribution is 5.85. The second-order valence-electron chi connectivity index (χ2n) is 4.98. The molecule has 2 rings (SSSR count). The van der Waals surface area contributed by atoms with Crippen molar-refractivity contribution < 1.29 is 0 Å². The molecular weight excluding hydrogens is 232 g/mol. The van der Waals surface area contributed by atoms with Crippen molar-refractivity contribution in [2.45, 2.75) is 25.4 Å². The molecule has 1 saturated carbocycles. The molecule has 2 nitrogen and oxygen atoms in total. The van der Waals surface area contributed by atoms with E-state index in [0.717, 1.165) is 19.0 Å². The summed E-state index contributed by atoms with van der Waals surface area (Å²) in [6.07, 6.45) is 2.83. The highest BCUT2D eigenvalue weighted by atomic mass is 35.5. The quantitative estimate of drug-likeness (QED) is 0.839. The van der Waals surface area contributed by atoms with E-state index < -0.39 is 0 Å². The van der Waals surface area contributed by atoms with Gasteiger partial charge in [-0.05, 0) is 38.4 Å². The van der Waals surface area contributed by atoms with Crippen LogP contribution in [0.4, 0.5) is 0 Å². The van der Waals surface area contributed by atoms with Crippen LogP contribution < -0.4 is 5.32 Å². The van der Waals surface area contributed by atoms with E-state index in [2.05, 4.69) is 54.6 Å². The summed E-state index contributed by atoms with van der Waals surface area (Å²) in [6.45, 7) is 2.09. The Morgan fingerprint density at radius 2 is 1.88 bits per heavy atom. The van der Waals surface area contributed by atoms with E-state index in [1.54, 1.807) is 0 Å². The van der Waals surface area contributed by atoms with E-state index in [1.165, 1.54) is 18.4 Å². The number of rotatable bonds is 6. The molecule has 3 heteroatoms. The first kappa shape index (κ1) is 14.5. The van der Waals surface area contributed by atoms with E-state index in [-0.39, 0.29) is 12.4 Å². The Kier molecular flexibility index (Phi) is 5.96. The molecule has 1 N–H and O–H groups in total. The predicted octanol–water partition coefficient (Wildman–Crippen LogP) is 2.54. The molecule has 1 fully saturated rings. The zero-order valence-corrected chi connectivity index (χ0v) is 11.5. The topological polar surface area (TPSA) is 15.3 Å². The largest absolute Gasteiger partial charge is 0.311 e. The van der Waals surface area contributed by atoms with E-state index in [9.17, 15) is 0 Å². The van der Waals surface area contributed by atoms with Gasteiger partial charge in [-0.3, -0.25) is 0 Å². The summed E-state index contributed by atoms with van der Waals surface area (Å²) in [5.74, 6) is 0.929. The molecule has 1 atom stereocenters. The molecule has 17 heavy (non-hydrogen) atoms. The molecule has 1 aliphatic carbocycles. The van der Waals surface area contributed by atoms with Crippen molar-refractivity contribution in [3.63, 3.8) is 0 Å². The summed E-state index contributed by atoms with van der Waals surface area (Å²) in [5.41, 5.74) is 1.37. The number of likely N-dealkylation sites (N-methyl/N-ethyl adjacent to an activating group) is 1. The van der Waals surface area contributed by atoms with E-state index in [1.807, 2.05) is 0 Å². The van der Waals surface area contributed by atoms with E-state index in [4.69, 9.17) is 0 Å². The van der Waals surface area contributed by atoms with Gasteiger partial charge in [-0.1, -0.05) is 30.3 Å². The van der Waals surface area contributed by atoms with Gasteiger partial charge < -0.3 is 10.2 Å². The van der Waals surface area contributed by atoms with Gasteiger partial charge in [-0.2, -0.15) is 0 Å². The van der Waals surface area contributed by atoms with Crippen LogP contribution in [0.25, 0.3) is 0 Å². The fraction of sp³-hybridized carbons (Fsp3) is 0.571. The van der Waals surface area contributed by atoms with Crippen LogP contribution in [0.1, 0.15) is 18.4 Å². The van der Waals surface area contributed by atoms with Crippen molar-refractivity contribution in [1.82, 2.24) is 10.2 Å². The molecule has 0 saturated heterocycles. The molecule has 0 aromatic heterocycles. The van der Waals surface area contributed by atoms with Crippen LogP contribution in [0.15, 0.2) is 30.3 Å². The summed E-state index contributed by atoms with van der Waals surface area (Å²) in [4.78, 5) is 2.36. The Balaban J connectivity index is 0.00000144. The monoisotopic (exact) mass is 254 g/mol. The van der Waals surface area contributed by atoms with Gasteiger partial charge in [-0.25, -0.2) is 0 Å². The number of hydrogen-bond donors (Lipinski definition) is 1. The van der Waals surface area contributed by atoms with Gasteiger partial charge in [0.25, 0.3) is 0 Å². The van der Waals surface area contributed by atoms with Gasteiger partial charge in [0, 0.05) is 19.1 Å². The van der Waals surface area contributed by atoms with E-state index in [0.29, 0.717) is 6.04 Å². The number of nitrogens with zero attached hydrogens (tertiary/aromatic N) is 1. The summed E-state index contributed by atoms with van der Waals surface area (Å²) < 4.78 is 0. The average molecular weight is 255 g/mol. The fourth-order valence-corrected chi connectivity index (χ4v) is 2.21. The minimum Gasteiger partial charge on any atom is -0.311 e. The predicted molar refractivity (Wildman–Crippen MR) is 75.6 cm³/mol. The van der Waals surface area contributed by atoms with Gasteiger partial charge in [0.1, 0.15) is 0 Å². The number of halogens is 1. The van der Waals surface area contributed by atoms with Gasteiger partial charge in [-0.15, -0.1) is 12.4 Å². The normalized spacial score (nSPS) is 16.6. The molecule has 1 aromatic carbocycles. The Labute approximate surface area is 111 Å². The lowest BCUT2D eigenvalue weighted by Crippen LogP contribution is -2.39. The molecule has 1 aliphatic rings. The second kappa shape index (κ2) is 7.00. The Hall–Kier alpha value is -0.570. The third-order valence-corrected chi connectivity index (χ3v) is 3.35. The SMILES string of the molecule is CN(C)C(CNCc1ccccc1)C1CC1.Cl. The van der Waals surface area contributed by atoms with Crippen LogP contribution in [0.3, 0.4) is 0 Å². The molecule has 0 amide bonds. The summed E-state index contributed by atoms with van der Waals surface area (Å²) >= 11 is 0. The summed E-state index contributed by atoms with van der Waals surface area (Å²) in [6, 6.07) is 11.3. The van der Waals surface area contributed by atoms with Gasteiger partial charge in [0.05, 0.1) is 0 Å². The Bertz CT molecular complexity index is 307. The summed E-state index contributed by atoms with van der Waals surface area (Å²) in [7, 11) is 4.38. The molecule has 1 unspecified atom stereocenters. The van der Waals surface area contributed by atoms with Crippen molar-refractivity contribution >= 4 is 12.4 Å². The number of hydrogen-bond acceptors (Lipinski definition) is 2. The van der Waals surface area contributed by atoms with Crippen molar-refractivity contribution in [3.05, 3.63) is 35.9 Å². The first-order chi connectivity index (χ1) is 7.77. The molecular formula is C14H23ClN2. The van der Waals surface area contributed by atoms with Crippen LogP contribution in [-0.2, 0) is 6.54 Å². The zero-order valence-electron chi connectivity index (χ0n) is 10.7. The fourth-order valence-electron chi connectivity index (χ4n) is 2.21. The second-order valence-corrected chi connectivity index (χ2v) is 4.98. The van der Waals surface area contributed by atoms with Crippen molar-refractivity contribution in [3.8, 4) is 0 Å². The maximum absolute atomic E-state index is 3.56. The highest BCUT2D eigenvalue weighted by Crippen LogP contribution is 2.34. The first-order valence-corrected chi connectivity index (χ1v) is 6.18. The Morgan fingerprint density at radius 3 is 2.41 bits per heavy atom. The number of nitrogens with one attached hydrogen (secondary N) is 1. The van der Waals surface area contributed by atoms with Gasteiger partial charge >= 0.3 is 0 Å². The van der Waals surface area contributed by atoms with Crippen molar-refractivity contribution in [2.75, 3.05) is 20.6 Å². The minimum atomic E-state index is 0. The minimum absolute atomic E-state index is 0. The maximum atomic E-state index is 3.56. The lowest BCUT2D eigenvalue weighted by molar-refractivity contribution is 0.255. The third kappa shape index (κ3) is 4.66. The van der Waals surface area contributed by atoms with Crippen LogP contribution in [0, 0.1) is 5.92 Å². The lowest BCUT2D eigenvalue weighted by Gasteiger charge is -2.24. The van der Waals surface area contributed by atoms with Crippen LogP contribution in [0.2, 0.25) is 0 Å². The average Bonchev–Trinajstić information content (AvgIpc) is 3.09. The maximum Gasteiger partial charge on any atom is 0.0242 e. The molecule has 0 spiro atoms. The zero-order chi connectivity index (χ0) is 11.4. The van der Waals surface area contributed by atoms with Crippen LogP contribution in [0.5, 0.6) is 0 Å². The molecule has 0 bridgehead atoms. The smallest absolute Gasteiger partial charge is 0.0242 e. The third-order valence-electron chi connectivity index (χ3n) is 3.35. The molecule has 0 heterocycles. The van der Waals surface area contributed by atoms with Crippen LogP contribution in [-0.4, -0.2) is 31.6 Å². The van der Waals surface area contributed by atoms with Crippen molar-refractivity contribution in [1.29, 1.82) is 0 Å². The molecule has 0 aliphatic heterocycles. The molecule has 1 aromatic rings. The van der Waals surface area contributed by atoms with Gasteiger partial charge in [0.15, 0.2) is 0 Å². The molecule has 0 radical (unpaired) electrons. The highest BCUT2D eigenvalue weighted by Gasteiger charge is 2.31. The van der Waals surface area contributed by atoms with Crippen molar-refractivity contribution in [2.24, 2.45) is 5.92 Å². The molecule has 96 valence electrons.